The van der Waals surface area contributed by atoms with Crippen LogP contribution in [0.4, 0.5) is 10.1 Å². The summed E-state index contributed by atoms with van der Waals surface area (Å²) in [5.41, 5.74) is 1.97. The van der Waals surface area contributed by atoms with E-state index in [2.05, 4.69) is 10.2 Å². The Bertz CT molecular complexity index is 1220. The highest BCUT2D eigenvalue weighted by Crippen LogP contribution is 2.39. The maximum absolute atomic E-state index is 13.6. The second-order valence-corrected chi connectivity index (χ2v) is 6.57. The zero-order valence-electron chi connectivity index (χ0n) is 15.9. The van der Waals surface area contributed by atoms with E-state index in [1.165, 1.54) is 18.2 Å². The van der Waals surface area contributed by atoms with Crippen LogP contribution in [-0.2, 0) is 11.3 Å². The average Bonchev–Trinajstić information content (AvgIpc) is 3.03. The molecule has 0 unspecified atom stereocenters. The zero-order valence-corrected chi connectivity index (χ0v) is 15.9. The van der Waals surface area contributed by atoms with Gasteiger partial charge in [0.05, 0.1) is 12.1 Å². The Labute approximate surface area is 171 Å². The number of amides is 1. The number of aromatic hydroxyl groups is 1. The third kappa shape index (κ3) is 4.05. The molecule has 0 bridgehead atoms. The van der Waals surface area contributed by atoms with Gasteiger partial charge in [-0.15, -0.1) is 10.2 Å². The van der Waals surface area contributed by atoms with Crippen LogP contribution in [-0.4, -0.2) is 22.2 Å². The first-order chi connectivity index (χ1) is 14.6. The Morgan fingerprint density at radius 2 is 1.67 bits per heavy atom. The van der Waals surface area contributed by atoms with Crippen LogP contribution in [0.2, 0.25) is 0 Å². The molecule has 30 heavy (non-hydrogen) atoms. The Morgan fingerprint density at radius 1 is 0.967 bits per heavy atom. The summed E-state index contributed by atoms with van der Waals surface area (Å²) < 4.78 is 20.4. The highest BCUT2D eigenvalue weighted by Gasteiger charge is 2.17. The first-order valence-electron chi connectivity index (χ1n) is 9.29. The lowest BCUT2D eigenvalue weighted by Crippen LogP contribution is -2.08. The number of fused-ring (bicyclic) bond motifs is 1. The summed E-state index contributed by atoms with van der Waals surface area (Å²) in [6.07, 6.45) is 0. The van der Waals surface area contributed by atoms with E-state index in [1.807, 2.05) is 48.5 Å². The summed E-state index contributed by atoms with van der Waals surface area (Å²) in [4.78, 5) is 12.0. The first-order valence-corrected chi connectivity index (χ1v) is 9.29. The summed E-state index contributed by atoms with van der Waals surface area (Å²) >= 11 is 0. The van der Waals surface area contributed by atoms with E-state index in [1.54, 1.807) is 16.7 Å². The SMILES string of the molecule is O=C(COc1ccccc1F)N=Nc1c(O)n(Cc2ccccc2)c2ccccc12. The van der Waals surface area contributed by atoms with Crippen LogP contribution in [0.25, 0.3) is 10.9 Å². The summed E-state index contributed by atoms with van der Waals surface area (Å²) in [6, 6.07) is 22.8. The van der Waals surface area contributed by atoms with E-state index in [0.29, 0.717) is 11.9 Å². The van der Waals surface area contributed by atoms with Crippen molar-refractivity contribution in [2.45, 2.75) is 6.54 Å². The number of nitrogens with zero attached hydrogens (tertiary/aromatic N) is 3. The number of aromatic nitrogens is 1. The second kappa shape index (κ2) is 8.57. The van der Waals surface area contributed by atoms with Gasteiger partial charge in [0.2, 0.25) is 5.88 Å². The molecule has 0 radical (unpaired) electrons. The quantitative estimate of drug-likeness (QED) is 0.448. The highest BCUT2D eigenvalue weighted by atomic mass is 19.1. The molecular weight excluding hydrogens is 385 g/mol. The van der Waals surface area contributed by atoms with Crippen LogP contribution in [0.3, 0.4) is 0 Å². The molecule has 4 aromatic rings. The third-order valence-electron chi connectivity index (χ3n) is 4.55. The molecule has 0 saturated carbocycles. The highest BCUT2D eigenvalue weighted by molar-refractivity contribution is 5.95. The topological polar surface area (TPSA) is 76.2 Å². The van der Waals surface area contributed by atoms with Crippen LogP contribution < -0.4 is 4.74 Å². The summed E-state index contributed by atoms with van der Waals surface area (Å²) in [5, 5.41) is 19.0. The standard InChI is InChI=1S/C23H18FN3O3/c24-18-11-5-7-13-20(18)30-15-21(28)25-26-22-17-10-4-6-12-19(17)27(23(22)29)14-16-8-2-1-3-9-16/h1-13,29H,14-15H2. The van der Waals surface area contributed by atoms with Gasteiger partial charge in [-0.3, -0.25) is 4.79 Å². The van der Waals surface area contributed by atoms with Crippen molar-refractivity contribution in [2.24, 2.45) is 10.2 Å². The van der Waals surface area contributed by atoms with E-state index in [9.17, 15) is 14.3 Å². The Hall–Kier alpha value is -4.00. The van der Waals surface area contributed by atoms with Crippen molar-refractivity contribution in [2.75, 3.05) is 6.61 Å². The van der Waals surface area contributed by atoms with Gasteiger partial charge in [-0.05, 0) is 23.8 Å². The third-order valence-corrected chi connectivity index (χ3v) is 4.55. The lowest BCUT2D eigenvalue weighted by Gasteiger charge is -2.06. The predicted molar refractivity (Wildman–Crippen MR) is 111 cm³/mol. The minimum absolute atomic E-state index is 0.0386. The number of benzene rings is 3. The fourth-order valence-electron chi connectivity index (χ4n) is 3.13. The van der Waals surface area contributed by atoms with Gasteiger partial charge in [0.25, 0.3) is 0 Å². The van der Waals surface area contributed by atoms with Crippen molar-refractivity contribution in [3.63, 3.8) is 0 Å². The van der Waals surface area contributed by atoms with Gasteiger partial charge in [0, 0.05) is 5.39 Å². The molecule has 4 rings (SSSR count). The van der Waals surface area contributed by atoms with Crippen molar-refractivity contribution in [3.8, 4) is 11.6 Å². The molecule has 6 nitrogen and oxygen atoms in total. The number of azo groups is 1. The molecule has 0 aliphatic carbocycles. The molecule has 1 N–H and O–H groups in total. The molecule has 0 aliphatic rings. The van der Waals surface area contributed by atoms with Crippen LogP contribution in [0.15, 0.2) is 89.1 Å². The van der Waals surface area contributed by atoms with Gasteiger partial charge in [-0.2, -0.15) is 0 Å². The molecule has 1 amide bonds. The molecule has 0 atom stereocenters. The van der Waals surface area contributed by atoms with Gasteiger partial charge >= 0.3 is 5.91 Å². The smallest absolute Gasteiger partial charge is 0.302 e. The number of hydrogen-bond acceptors (Lipinski definition) is 4. The van der Waals surface area contributed by atoms with E-state index in [0.717, 1.165) is 11.1 Å². The van der Waals surface area contributed by atoms with E-state index in [4.69, 9.17) is 4.74 Å². The molecule has 0 saturated heterocycles. The van der Waals surface area contributed by atoms with E-state index >= 15 is 0 Å². The number of para-hydroxylation sites is 2. The number of carbonyl (C=O) groups excluding carboxylic acids is 1. The fraction of sp³-hybridized carbons (Fsp3) is 0.0870. The molecule has 150 valence electrons. The van der Waals surface area contributed by atoms with Crippen LogP contribution in [0.5, 0.6) is 11.6 Å². The number of carbonyl (C=O) groups is 1. The monoisotopic (exact) mass is 403 g/mol. The van der Waals surface area contributed by atoms with Crippen molar-refractivity contribution < 1.29 is 19.0 Å². The fourth-order valence-corrected chi connectivity index (χ4v) is 3.13. The van der Waals surface area contributed by atoms with Crippen molar-refractivity contribution in [1.29, 1.82) is 0 Å². The van der Waals surface area contributed by atoms with Gasteiger partial charge < -0.3 is 14.4 Å². The maximum Gasteiger partial charge on any atom is 0.302 e. The summed E-state index contributed by atoms with van der Waals surface area (Å²) in [7, 11) is 0. The van der Waals surface area contributed by atoms with Gasteiger partial charge in [0.1, 0.15) is 0 Å². The molecule has 0 spiro atoms. The average molecular weight is 403 g/mol. The van der Waals surface area contributed by atoms with Crippen LogP contribution in [0, 0.1) is 5.82 Å². The maximum atomic E-state index is 13.6. The summed E-state index contributed by atoms with van der Waals surface area (Å²) in [5.74, 6) is -1.39. The number of halogens is 1. The molecule has 0 fully saturated rings. The Morgan fingerprint density at radius 3 is 2.47 bits per heavy atom. The molecule has 1 heterocycles. The van der Waals surface area contributed by atoms with Gasteiger partial charge in [-0.25, -0.2) is 4.39 Å². The molecular formula is C23H18FN3O3. The predicted octanol–water partition coefficient (Wildman–Crippen LogP) is 5.22. The molecule has 3 aromatic carbocycles. The minimum atomic E-state index is -0.697. The van der Waals surface area contributed by atoms with Crippen molar-refractivity contribution in [3.05, 3.63) is 90.2 Å². The zero-order chi connectivity index (χ0) is 20.9. The van der Waals surface area contributed by atoms with Crippen LogP contribution in [0.1, 0.15) is 5.56 Å². The van der Waals surface area contributed by atoms with E-state index in [-0.39, 0.29) is 17.3 Å². The molecule has 0 aliphatic heterocycles. The molecule has 1 aromatic heterocycles. The Kier molecular flexibility index (Phi) is 5.52. The van der Waals surface area contributed by atoms with Crippen molar-refractivity contribution >= 4 is 22.5 Å². The number of hydrogen-bond donors (Lipinski definition) is 1. The number of ether oxygens (including phenoxy) is 1. The lowest BCUT2D eigenvalue weighted by atomic mass is 10.2. The normalized spacial score (nSPS) is 11.2. The molecule has 7 heteroatoms. The van der Waals surface area contributed by atoms with Gasteiger partial charge in [0.15, 0.2) is 23.9 Å². The Balaban J connectivity index is 1.57. The van der Waals surface area contributed by atoms with Crippen molar-refractivity contribution in [1.82, 2.24) is 4.57 Å². The largest absolute Gasteiger partial charge is 0.493 e. The minimum Gasteiger partial charge on any atom is -0.493 e. The van der Waals surface area contributed by atoms with Crippen LogP contribution >= 0.6 is 0 Å². The lowest BCUT2D eigenvalue weighted by molar-refractivity contribution is -0.120. The van der Waals surface area contributed by atoms with Gasteiger partial charge in [-0.1, -0.05) is 60.7 Å². The second-order valence-electron chi connectivity index (χ2n) is 6.57. The summed E-state index contributed by atoms with van der Waals surface area (Å²) in [6.45, 7) is -0.0269. The number of rotatable bonds is 6. The van der Waals surface area contributed by atoms with E-state index < -0.39 is 18.3 Å². The first kappa shape index (κ1) is 19.3.